The lowest BCUT2D eigenvalue weighted by molar-refractivity contribution is -0.125. The van der Waals surface area contributed by atoms with Crippen LogP contribution in [0.4, 0.5) is 0 Å². The Morgan fingerprint density at radius 3 is 3.06 bits per heavy atom. The number of Topliss-reactive ketones (excluding diaryl/α,β-unsaturated/α-hetero) is 1. The lowest BCUT2D eigenvalue weighted by atomic mass is 9.81. The summed E-state index contributed by atoms with van der Waals surface area (Å²) in [6.07, 6.45) is 7.48. The van der Waals surface area contributed by atoms with Gasteiger partial charge < -0.3 is 4.74 Å². The van der Waals surface area contributed by atoms with Crippen molar-refractivity contribution < 1.29 is 9.53 Å². The van der Waals surface area contributed by atoms with E-state index in [1.807, 2.05) is 12.3 Å². The smallest absolute Gasteiger partial charge is 0.147 e. The van der Waals surface area contributed by atoms with Gasteiger partial charge in [0.1, 0.15) is 5.78 Å². The van der Waals surface area contributed by atoms with Gasteiger partial charge in [-0.1, -0.05) is 6.07 Å². The number of pyridine rings is 1. The minimum absolute atomic E-state index is 0.0363. The molecule has 4 rings (SSSR count). The number of ether oxygens (including phenoxy) is 1. The van der Waals surface area contributed by atoms with Crippen molar-refractivity contribution >= 4 is 5.78 Å². The zero-order chi connectivity index (χ0) is 12.1. The minimum Gasteiger partial charge on any atom is -0.374 e. The number of aromatic nitrogens is 1. The van der Waals surface area contributed by atoms with Crippen LogP contribution in [-0.4, -0.2) is 23.0 Å². The second-order valence-electron chi connectivity index (χ2n) is 5.76. The largest absolute Gasteiger partial charge is 0.374 e. The highest BCUT2D eigenvalue weighted by molar-refractivity contribution is 5.89. The lowest BCUT2D eigenvalue weighted by Gasteiger charge is -2.20. The molecule has 0 radical (unpaired) electrons. The van der Waals surface area contributed by atoms with E-state index in [2.05, 4.69) is 11.1 Å². The molecule has 94 valence electrons. The number of nitrogens with zero attached hydrogens (tertiary/aromatic N) is 1. The summed E-state index contributed by atoms with van der Waals surface area (Å²) in [7, 11) is 0. The second-order valence-corrected chi connectivity index (χ2v) is 5.76. The van der Waals surface area contributed by atoms with E-state index in [9.17, 15) is 4.79 Å². The third-order valence-electron chi connectivity index (χ3n) is 4.77. The van der Waals surface area contributed by atoms with Crippen molar-refractivity contribution in [3.05, 3.63) is 29.6 Å². The van der Waals surface area contributed by atoms with E-state index in [1.165, 1.54) is 5.56 Å². The summed E-state index contributed by atoms with van der Waals surface area (Å²) < 4.78 is 5.81. The Labute approximate surface area is 107 Å². The maximum Gasteiger partial charge on any atom is 0.147 e. The summed E-state index contributed by atoms with van der Waals surface area (Å²) in [5.74, 6) is 0.565. The molecule has 1 aromatic heterocycles. The van der Waals surface area contributed by atoms with Crippen LogP contribution in [0.5, 0.6) is 0 Å². The number of aryl methyl sites for hydroxylation is 1. The number of hydrogen-bond donors (Lipinski definition) is 0. The van der Waals surface area contributed by atoms with Crippen LogP contribution in [0.3, 0.4) is 0 Å². The van der Waals surface area contributed by atoms with Crippen LogP contribution in [0.15, 0.2) is 18.3 Å². The molecule has 2 fully saturated rings. The van der Waals surface area contributed by atoms with Gasteiger partial charge in [0.15, 0.2) is 0 Å². The van der Waals surface area contributed by atoms with Gasteiger partial charge >= 0.3 is 0 Å². The van der Waals surface area contributed by atoms with Gasteiger partial charge in [0.2, 0.25) is 0 Å². The number of ketones is 1. The normalized spacial score (nSPS) is 36.9. The predicted octanol–water partition coefficient (Wildman–Crippen LogP) is 2.25. The summed E-state index contributed by atoms with van der Waals surface area (Å²) in [4.78, 5) is 17.1. The zero-order valence-electron chi connectivity index (χ0n) is 10.3. The van der Waals surface area contributed by atoms with Crippen molar-refractivity contribution in [2.45, 2.75) is 50.2 Å². The van der Waals surface area contributed by atoms with E-state index in [1.54, 1.807) is 0 Å². The number of fused-ring (bicyclic) bond motifs is 3. The van der Waals surface area contributed by atoms with E-state index in [4.69, 9.17) is 4.74 Å². The Balaban J connectivity index is 1.60. The van der Waals surface area contributed by atoms with Crippen LogP contribution in [0.2, 0.25) is 0 Å². The summed E-state index contributed by atoms with van der Waals surface area (Å²) in [5, 5.41) is 0. The fraction of sp³-hybridized carbons (Fsp3) is 0.600. The van der Waals surface area contributed by atoms with E-state index < -0.39 is 0 Å². The van der Waals surface area contributed by atoms with Gasteiger partial charge in [-0.3, -0.25) is 9.78 Å². The molecule has 0 aromatic carbocycles. The summed E-state index contributed by atoms with van der Waals surface area (Å²) in [5.41, 5.74) is 2.30. The molecule has 1 aliphatic carbocycles. The van der Waals surface area contributed by atoms with Gasteiger partial charge in [0.25, 0.3) is 0 Å². The standard InChI is InChI=1S/C15H17NO2/c17-15(12-8-10-4-6-13(12)18-10)11-5-3-9-2-1-7-16-14(9)11/h1-2,7,10-13H,3-6,8H2. The molecule has 3 aliphatic rings. The summed E-state index contributed by atoms with van der Waals surface area (Å²) >= 11 is 0. The molecule has 2 bridgehead atoms. The molecule has 0 saturated carbocycles. The summed E-state index contributed by atoms with van der Waals surface area (Å²) in [6, 6.07) is 4.07. The third-order valence-corrected chi connectivity index (χ3v) is 4.77. The van der Waals surface area contributed by atoms with E-state index >= 15 is 0 Å². The van der Waals surface area contributed by atoms with Crippen molar-refractivity contribution in [3.8, 4) is 0 Å². The van der Waals surface area contributed by atoms with E-state index in [-0.39, 0.29) is 17.9 Å². The van der Waals surface area contributed by atoms with Crippen molar-refractivity contribution in [2.75, 3.05) is 0 Å². The van der Waals surface area contributed by atoms with Crippen LogP contribution in [0.25, 0.3) is 0 Å². The molecule has 18 heavy (non-hydrogen) atoms. The molecule has 4 unspecified atom stereocenters. The maximum absolute atomic E-state index is 12.7. The molecule has 1 aromatic rings. The van der Waals surface area contributed by atoms with Gasteiger partial charge in [-0.15, -0.1) is 0 Å². The fourth-order valence-corrected chi connectivity index (χ4v) is 3.89. The molecule has 3 heterocycles. The van der Waals surface area contributed by atoms with Crippen molar-refractivity contribution in [1.82, 2.24) is 4.98 Å². The number of carbonyl (C=O) groups is 1. The van der Waals surface area contributed by atoms with Gasteiger partial charge in [-0.25, -0.2) is 0 Å². The Hall–Kier alpha value is -1.22. The summed E-state index contributed by atoms with van der Waals surface area (Å²) in [6.45, 7) is 0. The Morgan fingerprint density at radius 2 is 2.28 bits per heavy atom. The molecule has 3 heteroatoms. The highest BCUT2D eigenvalue weighted by Crippen LogP contribution is 2.43. The van der Waals surface area contributed by atoms with Crippen LogP contribution >= 0.6 is 0 Å². The molecule has 2 saturated heterocycles. The van der Waals surface area contributed by atoms with Crippen molar-refractivity contribution in [3.63, 3.8) is 0 Å². The molecule has 2 aliphatic heterocycles. The highest BCUT2D eigenvalue weighted by atomic mass is 16.5. The van der Waals surface area contributed by atoms with Crippen molar-refractivity contribution in [1.29, 1.82) is 0 Å². The van der Waals surface area contributed by atoms with Crippen LogP contribution in [-0.2, 0) is 16.0 Å². The molecular weight excluding hydrogens is 226 g/mol. The van der Waals surface area contributed by atoms with E-state index in [0.29, 0.717) is 11.9 Å². The number of rotatable bonds is 2. The molecule has 4 atom stereocenters. The van der Waals surface area contributed by atoms with Crippen molar-refractivity contribution in [2.24, 2.45) is 5.92 Å². The predicted molar refractivity (Wildman–Crippen MR) is 66.3 cm³/mol. The average molecular weight is 243 g/mol. The fourth-order valence-electron chi connectivity index (χ4n) is 3.89. The first-order chi connectivity index (χ1) is 8.83. The van der Waals surface area contributed by atoms with Crippen LogP contribution in [0.1, 0.15) is 42.9 Å². The first-order valence-corrected chi connectivity index (χ1v) is 6.96. The van der Waals surface area contributed by atoms with E-state index in [0.717, 1.165) is 37.8 Å². The first-order valence-electron chi connectivity index (χ1n) is 6.96. The molecule has 0 N–H and O–H groups in total. The van der Waals surface area contributed by atoms with Crippen LogP contribution < -0.4 is 0 Å². The first kappa shape index (κ1) is 10.7. The van der Waals surface area contributed by atoms with Gasteiger partial charge in [-0.05, 0) is 43.7 Å². The molecule has 3 nitrogen and oxygen atoms in total. The SMILES string of the molecule is O=C(C1CCc2cccnc21)C1CC2CCC1O2. The third kappa shape index (κ3) is 1.46. The monoisotopic (exact) mass is 243 g/mol. The Kier molecular flexibility index (Phi) is 2.31. The van der Waals surface area contributed by atoms with Gasteiger partial charge in [0.05, 0.1) is 23.8 Å². The number of carbonyl (C=O) groups excluding carboxylic acids is 1. The maximum atomic E-state index is 12.7. The topological polar surface area (TPSA) is 39.2 Å². The highest BCUT2D eigenvalue weighted by Gasteiger charge is 2.47. The van der Waals surface area contributed by atoms with Gasteiger partial charge in [0, 0.05) is 12.1 Å². The lowest BCUT2D eigenvalue weighted by Crippen LogP contribution is -2.29. The average Bonchev–Trinajstić information content (AvgIpc) is 3.12. The molecule has 0 spiro atoms. The molecule has 0 amide bonds. The Morgan fingerprint density at radius 1 is 1.33 bits per heavy atom. The van der Waals surface area contributed by atoms with Gasteiger partial charge in [-0.2, -0.15) is 0 Å². The minimum atomic E-state index is 0.0363. The second kappa shape index (κ2) is 3.89. The number of hydrogen-bond acceptors (Lipinski definition) is 3. The quantitative estimate of drug-likeness (QED) is 0.799. The zero-order valence-corrected chi connectivity index (χ0v) is 10.3. The Bertz CT molecular complexity index is 499. The molecular formula is C15H17NO2. The van der Waals surface area contributed by atoms with Crippen LogP contribution in [0, 0.1) is 5.92 Å².